The molecule has 0 spiro atoms. The standard InChI is InChI=1S/C12H15N3O3/c1-7-2-3-9-13-15-5-4-8(16)11(17)10(15)12(18)14(9)6-7/h4-5,7,9,13,17H,2-3,6H2,1H3/t7-,9-/m0/s1. The molecule has 0 saturated carbocycles. The van der Waals surface area contributed by atoms with E-state index in [1.165, 1.54) is 16.9 Å². The molecule has 96 valence electrons. The third kappa shape index (κ3) is 1.48. The van der Waals surface area contributed by atoms with Gasteiger partial charge in [-0.3, -0.25) is 14.3 Å². The molecule has 0 aliphatic carbocycles. The maximum absolute atomic E-state index is 12.3. The second kappa shape index (κ2) is 3.76. The number of aromatic nitrogens is 1. The summed E-state index contributed by atoms with van der Waals surface area (Å²) in [6.07, 6.45) is 3.37. The topological polar surface area (TPSA) is 74.6 Å². The fraction of sp³-hybridized carbons (Fsp3) is 0.500. The Bertz CT molecular complexity index is 566. The molecule has 2 N–H and O–H groups in total. The van der Waals surface area contributed by atoms with Crippen molar-refractivity contribution in [1.82, 2.24) is 9.58 Å². The molecule has 0 radical (unpaired) electrons. The molecule has 2 aliphatic heterocycles. The van der Waals surface area contributed by atoms with Gasteiger partial charge in [0, 0.05) is 18.8 Å². The van der Waals surface area contributed by atoms with Gasteiger partial charge in [-0.05, 0) is 18.8 Å². The zero-order valence-corrected chi connectivity index (χ0v) is 10.1. The van der Waals surface area contributed by atoms with Crippen molar-refractivity contribution >= 4 is 5.91 Å². The van der Waals surface area contributed by atoms with Gasteiger partial charge in [-0.1, -0.05) is 6.92 Å². The van der Waals surface area contributed by atoms with Crippen molar-refractivity contribution < 1.29 is 9.90 Å². The normalized spacial score (nSPS) is 26.3. The summed E-state index contributed by atoms with van der Waals surface area (Å²) in [4.78, 5) is 25.4. The highest BCUT2D eigenvalue weighted by Gasteiger charge is 2.37. The summed E-state index contributed by atoms with van der Waals surface area (Å²) < 4.78 is 1.45. The minimum absolute atomic E-state index is 0.0350. The fourth-order valence-corrected chi connectivity index (χ4v) is 2.65. The van der Waals surface area contributed by atoms with Crippen LogP contribution in [0.2, 0.25) is 0 Å². The Balaban J connectivity index is 2.08. The molecule has 6 nitrogen and oxygen atoms in total. The number of nitrogens with zero attached hydrogens (tertiary/aromatic N) is 2. The second-order valence-electron chi connectivity index (χ2n) is 5.03. The van der Waals surface area contributed by atoms with Gasteiger partial charge in [0.2, 0.25) is 5.43 Å². The Morgan fingerprint density at radius 2 is 2.17 bits per heavy atom. The molecule has 18 heavy (non-hydrogen) atoms. The van der Waals surface area contributed by atoms with E-state index in [1.54, 1.807) is 4.90 Å². The Kier molecular flexibility index (Phi) is 2.33. The average molecular weight is 249 g/mol. The average Bonchev–Trinajstić information content (AvgIpc) is 2.35. The van der Waals surface area contributed by atoms with Crippen LogP contribution in [0.4, 0.5) is 0 Å². The number of amides is 1. The monoisotopic (exact) mass is 249 g/mol. The van der Waals surface area contributed by atoms with Crippen molar-refractivity contribution in [1.29, 1.82) is 0 Å². The predicted octanol–water partition coefficient (Wildman–Crippen LogP) is 0.309. The molecule has 0 unspecified atom stereocenters. The minimum Gasteiger partial charge on any atom is -0.502 e. The highest BCUT2D eigenvalue weighted by molar-refractivity contribution is 5.96. The van der Waals surface area contributed by atoms with Gasteiger partial charge in [-0.25, -0.2) is 0 Å². The molecular formula is C12H15N3O3. The van der Waals surface area contributed by atoms with E-state index >= 15 is 0 Å². The van der Waals surface area contributed by atoms with Crippen LogP contribution in [0.25, 0.3) is 0 Å². The molecule has 1 fully saturated rings. The largest absolute Gasteiger partial charge is 0.502 e. The van der Waals surface area contributed by atoms with Crippen LogP contribution in [0.5, 0.6) is 5.75 Å². The molecule has 2 aliphatic rings. The van der Waals surface area contributed by atoms with Crippen molar-refractivity contribution in [3.05, 3.63) is 28.2 Å². The Morgan fingerprint density at radius 3 is 2.94 bits per heavy atom. The van der Waals surface area contributed by atoms with Crippen LogP contribution in [-0.4, -0.2) is 33.3 Å². The summed E-state index contributed by atoms with van der Waals surface area (Å²) in [5.41, 5.74) is 2.65. The summed E-state index contributed by atoms with van der Waals surface area (Å²) >= 11 is 0. The number of rotatable bonds is 0. The minimum atomic E-state index is -0.528. The van der Waals surface area contributed by atoms with Crippen molar-refractivity contribution in [2.75, 3.05) is 12.0 Å². The lowest BCUT2D eigenvalue weighted by Gasteiger charge is -2.43. The molecular weight excluding hydrogens is 234 g/mol. The number of carbonyl (C=O) groups excluding carboxylic acids is 1. The van der Waals surface area contributed by atoms with Gasteiger partial charge in [0.1, 0.15) is 6.17 Å². The van der Waals surface area contributed by atoms with E-state index in [2.05, 4.69) is 12.3 Å². The van der Waals surface area contributed by atoms with Gasteiger partial charge in [0.05, 0.1) is 0 Å². The van der Waals surface area contributed by atoms with E-state index < -0.39 is 11.2 Å². The van der Waals surface area contributed by atoms with Gasteiger partial charge < -0.3 is 15.4 Å². The van der Waals surface area contributed by atoms with Crippen LogP contribution in [0.3, 0.4) is 0 Å². The number of hydrogen-bond donors (Lipinski definition) is 2. The van der Waals surface area contributed by atoms with Crippen molar-refractivity contribution in [3.63, 3.8) is 0 Å². The van der Waals surface area contributed by atoms with E-state index in [1.807, 2.05) is 0 Å². The second-order valence-corrected chi connectivity index (χ2v) is 5.03. The third-order valence-electron chi connectivity index (χ3n) is 3.64. The Labute approximate surface area is 104 Å². The molecule has 0 aromatic carbocycles. The van der Waals surface area contributed by atoms with Crippen LogP contribution < -0.4 is 10.9 Å². The zero-order chi connectivity index (χ0) is 12.9. The Hall–Kier alpha value is -1.98. The number of fused-ring (bicyclic) bond motifs is 2. The summed E-state index contributed by atoms with van der Waals surface area (Å²) in [5, 5.41) is 9.75. The Morgan fingerprint density at radius 1 is 1.39 bits per heavy atom. The van der Waals surface area contributed by atoms with Crippen LogP contribution >= 0.6 is 0 Å². The highest BCUT2D eigenvalue weighted by atomic mass is 16.3. The summed E-state index contributed by atoms with van der Waals surface area (Å²) in [5.74, 6) is -0.316. The van der Waals surface area contributed by atoms with Crippen molar-refractivity contribution in [2.45, 2.75) is 25.9 Å². The van der Waals surface area contributed by atoms with Crippen LogP contribution in [0, 0.1) is 5.92 Å². The van der Waals surface area contributed by atoms with Gasteiger partial charge in [-0.2, -0.15) is 0 Å². The third-order valence-corrected chi connectivity index (χ3v) is 3.64. The number of nitrogens with one attached hydrogen (secondary N) is 1. The number of hydrogen-bond acceptors (Lipinski definition) is 4. The fourth-order valence-electron chi connectivity index (χ4n) is 2.65. The van der Waals surface area contributed by atoms with E-state index in [4.69, 9.17) is 0 Å². The number of aromatic hydroxyl groups is 1. The van der Waals surface area contributed by atoms with Crippen molar-refractivity contribution in [2.24, 2.45) is 5.92 Å². The van der Waals surface area contributed by atoms with Crippen LogP contribution in [0.15, 0.2) is 17.1 Å². The molecule has 0 bridgehead atoms. The van der Waals surface area contributed by atoms with Gasteiger partial charge >= 0.3 is 0 Å². The van der Waals surface area contributed by atoms with Crippen molar-refractivity contribution in [3.8, 4) is 5.75 Å². The van der Waals surface area contributed by atoms with Gasteiger partial charge in [0.25, 0.3) is 5.91 Å². The van der Waals surface area contributed by atoms with E-state index in [-0.39, 0.29) is 17.8 Å². The number of piperidine rings is 1. The lowest BCUT2D eigenvalue weighted by Crippen LogP contribution is -2.57. The molecule has 2 atom stereocenters. The first-order valence-corrected chi connectivity index (χ1v) is 6.10. The molecule has 1 amide bonds. The van der Waals surface area contributed by atoms with Crippen LogP contribution in [-0.2, 0) is 0 Å². The summed E-state index contributed by atoms with van der Waals surface area (Å²) in [6.45, 7) is 2.75. The first-order chi connectivity index (χ1) is 8.58. The molecule has 1 aromatic rings. The van der Waals surface area contributed by atoms with E-state index in [9.17, 15) is 14.7 Å². The predicted molar refractivity (Wildman–Crippen MR) is 65.0 cm³/mol. The molecule has 3 heterocycles. The lowest BCUT2D eigenvalue weighted by atomic mass is 9.97. The van der Waals surface area contributed by atoms with E-state index in [0.717, 1.165) is 12.8 Å². The lowest BCUT2D eigenvalue weighted by molar-refractivity contribution is 0.0503. The quantitative estimate of drug-likeness (QED) is 0.694. The summed E-state index contributed by atoms with van der Waals surface area (Å²) in [7, 11) is 0. The zero-order valence-electron chi connectivity index (χ0n) is 10.1. The number of pyridine rings is 1. The van der Waals surface area contributed by atoms with E-state index in [0.29, 0.717) is 12.5 Å². The molecule has 1 saturated heterocycles. The maximum atomic E-state index is 12.3. The van der Waals surface area contributed by atoms with Gasteiger partial charge in [-0.15, -0.1) is 0 Å². The van der Waals surface area contributed by atoms with Gasteiger partial charge in [0.15, 0.2) is 11.4 Å². The number of carbonyl (C=O) groups is 1. The maximum Gasteiger partial charge on any atom is 0.278 e. The SMILES string of the molecule is C[C@H]1CC[C@H]2Nn3ccc(=O)c(O)c3C(=O)N2C1. The molecule has 6 heteroatoms. The van der Waals surface area contributed by atoms with Crippen LogP contribution in [0.1, 0.15) is 30.3 Å². The first-order valence-electron chi connectivity index (χ1n) is 6.10. The molecule has 3 rings (SSSR count). The molecule has 1 aromatic heterocycles. The smallest absolute Gasteiger partial charge is 0.278 e. The summed E-state index contributed by atoms with van der Waals surface area (Å²) in [6, 6.07) is 1.25. The first kappa shape index (κ1) is 11.1. The highest BCUT2D eigenvalue weighted by Crippen LogP contribution is 2.27.